The second-order valence-electron chi connectivity index (χ2n) is 3.44. The maximum absolute atomic E-state index is 11.9. The number of rotatable bonds is 3. The van der Waals surface area contributed by atoms with Crippen LogP contribution in [-0.2, 0) is 0 Å². The smallest absolute Gasteiger partial charge is 0.445 e. The molecule has 0 bridgehead atoms. The molecule has 16 heavy (non-hydrogen) atoms. The van der Waals surface area contributed by atoms with Gasteiger partial charge in [-0.25, -0.2) is 0 Å². The molecule has 1 aromatic carbocycles. The summed E-state index contributed by atoms with van der Waals surface area (Å²) in [5, 5.41) is 0. The number of benzene rings is 1. The van der Waals surface area contributed by atoms with E-state index in [-0.39, 0.29) is 63.4 Å². The zero-order chi connectivity index (χ0) is 11.5. The van der Waals surface area contributed by atoms with Gasteiger partial charge in [0.25, 0.3) is 0 Å². The van der Waals surface area contributed by atoms with Crippen LogP contribution in [-0.4, -0.2) is 6.98 Å². The molecule has 1 rings (SSSR count). The molecule has 0 amide bonds. The van der Waals surface area contributed by atoms with Crippen molar-refractivity contribution in [3.8, 4) is 0 Å². The molecule has 0 aliphatic rings. The summed E-state index contributed by atoms with van der Waals surface area (Å²) in [6, 6.07) is 6.60. The summed E-state index contributed by atoms with van der Waals surface area (Å²) in [5.74, 6) is 0.279. The fourth-order valence-corrected chi connectivity index (χ4v) is 1.13. The van der Waals surface area contributed by atoms with Crippen LogP contribution < -0.4 is 57.1 Å². The molecule has 0 radical (unpaired) electrons. The molecule has 2 N–H and O–H groups in total. The fraction of sp³-hybridized carbons (Fsp3) is 0.200. The van der Waals surface area contributed by atoms with Gasteiger partial charge in [0.05, 0.1) is 0 Å². The van der Waals surface area contributed by atoms with E-state index in [1.165, 1.54) is 0 Å². The second-order valence-corrected chi connectivity index (χ2v) is 3.44. The van der Waals surface area contributed by atoms with E-state index in [1.54, 1.807) is 24.3 Å². The molecular formula is C10H12BF3KN. The van der Waals surface area contributed by atoms with Crippen LogP contribution in [0.25, 0.3) is 6.08 Å². The summed E-state index contributed by atoms with van der Waals surface area (Å²) in [7, 11) is 0. The fourth-order valence-electron chi connectivity index (χ4n) is 1.13. The summed E-state index contributed by atoms with van der Waals surface area (Å²) in [6.07, 6.45) is 1.06. The molecule has 1 atom stereocenters. The van der Waals surface area contributed by atoms with E-state index in [1.807, 2.05) is 6.92 Å². The van der Waals surface area contributed by atoms with E-state index in [0.29, 0.717) is 5.56 Å². The molecule has 82 valence electrons. The van der Waals surface area contributed by atoms with E-state index in [0.717, 1.165) is 11.6 Å². The van der Waals surface area contributed by atoms with Crippen LogP contribution in [0.3, 0.4) is 0 Å². The summed E-state index contributed by atoms with van der Waals surface area (Å²) >= 11 is 0. The largest absolute Gasteiger partial charge is 1.00 e. The third-order valence-electron chi connectivity index (χ3n) is 1.97. The Balaban J connectivity index is 0.00000225. The van der Waals surface area contributed by atoms with Crippen molar-refractivity contribution in [2.75, 3.05) is 0 Å². The molecule has 1 unspecified atom stereocenters. The third kappa shape index (κ3) is 6.22. The Bertz CT molecular complexity index is 346. The molecule has 0 aliphatic carbocycles. The van der Waals surface area contributed by atoms with E-state index in [4.69, 9.17) is 5.73 Å². The average Bonchev–Trinajstić information content (AvgIpc) is 2.14. The number of hydrogen-bond acceptors (Lipinski definition) is 1. The predicted octanol–water partition coefficient (Wildman–Crippen LogP) is 0.110. The molecule has 6 heteroatoms. The molecule has 0 aromatic heterocycles. The van der Waals surface area contributed by atoms with Gasteiger partial charge in [0, 0.05) is 6.04 Å². The first-order valence-corrected chi connectivity index (χ1v) is 4.63. The first kappa shape index (κ1) is 16.4. The molecule has 0 fully saturated rings. The van der Waals surface area contributed by atoms with Gasteiger partial charge in [0.1, 0.15) is 0 Å². The van der Waals surface area contributed by atoms with Crippen molar-refractivity contribution in [2.45, 2.75) is 13.0 Å². The Labute approximate surface area is 136 Å². The topological polar surface area (TPSA) is 26.0 Å². The van der Waals surface area contributed by atoms with Crippen molar-refractivity contribution in [3.05, 3.63) is 41.4 Å². The minimum Gasteiger partial charge on any atom is -0.445 e. The number of hydrogen-bond donors (Lipinski definition) is 1. The zero-order valence-electron chi connectivity index (χ0n) is 9.33. The molecule has 0 saturated heterocycles. The average molecular weight is 253 g/mol. The van der Waals surface area contributed by atoms with Crippen LogP contribution in [0.4, 0.5) is 12.9 Å². The quantitative estimate of drug-likeness (QED) is 0.760. The van der Waals surface area contributed by atoms with E-state index >= 15 is 0 Å². The maximum Gasteiger partial charge on any atom is 1.00 e. The third-order valence-corrected chi connectivity index (χ3v) is 1.97. The van der Waals surface area contributed by atoms with Crippen LogP contribution in [0.5, 0.6) is 0 Å². The summed E-state index contributed by atoms with van der Waals surface area (Å²) in [5.41, 5.74) is 7.05. The van der Waals surface area contributed by atoms with Crippen molar-refractivity contribution in [1.29, 1.82) is 0 Å². The van der Waals surface area contributed by atoms with Gasteiger partial charge >= 0.3 is 58.4 Å². The standard InChI is InChI=1S/C10H12BF3N.K/c1-8(15)10-4-2-9(3-5-10)6-7-11(12,13)14;/h2-8H,15H2,1H3;/q-1;+1/b7-6+;. The molecule has 1 aromatic rings. The number of nitrogens with two attached hydrogens (primary N) is 1. The Morgan fingerprint density at radius 1 is 1.19 bits per heavy atom. The van der Waals surface area contributed by atoms with Crippen molar-refractivity contribution in [1.82, 2.24) is 0 Å². The van der Waals surface area contributed by atoms with Crippen LogP contribution in [0, 0.1) is 0 Å². The van der Waals surface area contributed by atoms with Crippen LogP contribution in [0.1, 0.15) is 24.1 Å². The second kappa shape index (κ2) is 6.98. The predicted molar refractivity (Wildman–Crippen MR) is 57.2 cm³/mol. The van der Waals surface area contributed by atoms with Crippen molar-refractivity contribution in [2.24, 2.45) is 5.73 Å². The Kier molecular flexibility index (Phi) is 7.16. The van der Waals surface area contributed by atoms with Gasteiger partial charge in [0.2, 0.25) is 0 Å². The maximum atomic E-state index is 11.9. The minimum absolute atomic E-state index is 0. The van der Waals surface area contributed by atoms with E-state index < -0.39 is 6.98 Å². The first-order chi connectivity index (χ1) is 6.88. The molecule has 0 saturated carbocycles. The normalized spacial score (nSPS) is 13.6. The van der Waals surface area contributed by atoms with Crippen molar-refractivity contribution < 1.29 is 64.3 Å². The first-order valence-electron chi connectivity index (χ1n) is 4.63. The summed E-state index contributed by atoms with van der Waals surface area (Å²) < 4.78 is 35.7. The summed E-state index contributed by atoms with van der Waals surface area (Å²) in [6.45, 7) is -3.03. The van der Waals surface area contributed by atoms with Crippen molar-refractivity contribution >= 4 is 13.1 Å². The summed E-state index contributed by atoms with van der Waals surface area (Å²) in [4.78, 5) is 0. The molecule has 0 spiro atoms. The molecule has 0 heterocycles. The van der Waals surface area contributed by atoms with E-state index in [2.05, 4.69) is 0 Å². The van der Waals surface area contributed by atoms with Gasteiger partial charge in [-0.05, 0) is 18.1 Å². The number of halogens is 3. The van der Waals surface area contributed by atoms with Gasteiger partial charge in [-0.3, -0.25) is 0 Å². The van der Waals surface area contributed by atoms with Crippen LogP contribution >= 0.6 is 0 Å². The van der Waals surface area contributed by atoms with Crippen LogP contribution in [0.15, 0.2) is 30.2 Å². The monoisotopic (exact) mass is 253 g/mol. The SMILES string of the molecule is CC(N)c1ccc(/C=C/[B-](F)(F)F)cc1.[K+]. The Hall–Kier alpha value is 0.411. The van der Waals surface area contributed by atoms with Gasteiger partial charge in [-0.15, -0.1) is 5.98 Å². The Morgan fingerprint density at radius 2 is 1.69 bits per heavy atom. The van der Waals surface area contributed by atoms with Gasteiger partial charge in [0.15, 0.2) is 0 Å². The van der Waals surface area contributed by atoms with Gasteiger partial charge in [-0.1, -0.05) is 30.3 Å². The van der Waals surface area contributed by atoms with E-state index in [9.17, 15) is 12.9 Å². The van der Waals surface area contributed by atoms with Gasteiger partial charge in [-0.2, -0.15) is 0 Å². The molecule has 1 nitrogen and oxygen atoms in total. The minimum atomic E-state index is -4.86. The van der Waals surface area contributed by atoms with Crippen LogP contribution in [0.2, 0.25) is 0 Å². The molecule has 0 aliphatic heterocycles. The van der Waals surface area contributed by atoms with Gasteiger partial charge < -0.3 is 18.7 Å². The molecular weight excluding hydrogens is 241 g/mol. The van der Waals surface area contributed by atoms with Crippen molar-refractivity contribution in [3.63, 3.8) is 0 Å². The zero-order valence-corrected chi connectivity index (χ0v) is 12.5. The Morgan fingerprint density at radius 3 is 2.06 bits per heavy atom.